The van der Waals surface area contributed by atoms with Gasteiger partial charge in [0.2, 0.25) is 0 Å². The highest BCUT2D eigenvalue weighted by Gasteiger charge is 2.09. The van der Waals surface area contributed by atoms with E-state index in [0.717, 1.165) is 24.2 Å². The summed E-state index contributed by atoms with van der Waals surface area (Å²) in [5, 5.41) is -0.0166. The van der Waals surface area contributed by atoms with Crippen molar-refractivity contribution in [1.82, 2.24) is 9.97 Å². The second-order valence-corrected chi connectivity index (χ2v) is 4.33. The third-order valence-electron chi connectivity index (χ3n) is 2.68. The number of aryl methyl sites for hydroxylation is 1. The molecule has 2 nitrogen and oxygen atoms in total. The lowest BCUT2D eigenvalue weighted by Crippen LogP contribution is -1.97. The number of alkyl halides is 1. The van der Waals surface area contributed by atoms with Gasteiger partial charge in [0.1, 0.15) is 5.82 Å². The number of nitrogens with one attached hydrogen (secondary N) is 1. The lowest BCUT2D eigenvalue weighted by Gasteiger charge is -2.08. The molecule has 0 aliphatic rings. The third kappa shape index (κ3) is 2.64. The lowest BCUT2D eigenvalue weighted by molar-refractivity contribution is 0.854. The summed E-state index contributed by atoms with van der Waals surface area (Å²) in [5.74, 6) is 0.930. The Labute approximate surface area is 101 Å². The van der Waals surface area contributed by atoms with E-state index in [9.17, 15) is 0 Å². The number of hydrogen-bond donors (Lipinski definition) is 1. The van der Waals surface area contributed by atoms with Crippen molar-refractivity contribution < 1.29 is 0 Å². The molecule has 0 fully saturated rings. The number of hydrogen-bond acceptors (Lipinski definition) is 1. The highest BCUT2D eigenvalue weighted by Crippen LogP contribution is 2.24. The molecule has 0 aliphatic carbocycles. The van der Waals surface area contributed by atoms with E-state index in [-0.39, 0.29) is 5.38 Å². The minimum Gasteiger partial charge on any atom is -0.349 e. The van der Waals surface area contributed by atoms with Gasteiger partial charge in [-0.1, -0.05) is 31.2 Å². The number of aromatic nitrogens is 2. The maximum atomic E-state index is 6.33. The van der Waals surface area contributed by atoms with Gasteiger partial charge in [-0.25, -0.2) is 4.98 Å². The molecular weight excluding hydrogens is 220 g/mol. The van der Waals surface area contributed by atoms with Crippen LogP contribution in [0.4, 0.5) is 0 Å². The molecule has 1 aromatic heterocycles. The van der Waals surface area contributed by atoms with E-state index < -0.39 is 0 Å². The second kappa shape index (κ2) is 5.17. The number of rotatable bonds is 4. The molecule has 0 amide bonds. The lowest BCUT2D eigenvalue weighted by atomic mass is 10.1. The fourth-order valence-electron chi connectivity index (χ4n) is 1.66. The molecule has 0 aliphatic heterocycles. The maximum Gasteiger partial charge on any atom is 0.107 e. The summed E-state index contributed by atoms with van der Waals surface area (Å²) in [6.45, 7) is 2.15. The number of benzene rings is 1. The number of halogens is 1. The van der Waals surface area contributed by atoms with Crippen LogP contribution >= 0.6 is 11.6 Å². The Morgan fingerprint density at radius 2 is 2.06 bits per heavy atom. The van der Waals surface area contributed by atoms with Crippen LogP contribution in [0.15, 0.2) is 36.7 Å². The highest BCUT2D eigenvalue weighted by atomic mass is 35.5. The summed E-state index contributed by atoms with van der Waals surface area (Å²) in [6.07, 6.45) is 5.36. The zero-order valence-corrected chi connectivity index (χ0v) is 10.0. The second-order valence-electron chi connectivity index (χ2n) is 3.80. The van der Waals surface area contributed by atoms with Crippen molar-refractivity contribution in [2.24, 2.45) is 0 Å². The van der Waals surface area contributed by atoms with E-state index in [4.69, 9.17) is 11.6 Å². The molecular formula is C13H15ClN2. The SMILES string of the molecule is CCc1ccc(C(Cl)Cc2ncc[nH]2)cc1. The fourth-order valence-corrected chi connectivity index (χ4v) is 1.95. The van der Waals surface area contributed by atoms with Gasteiger partial charge in [-0.2, -0.15) is 0 Å². The number of H-pyrrole nitrogens is 1. The highest BCUT2D eigenvalue weighted by molar-refractivity contribution is 6.20. The Bertz CT molecular complexity index is 420. The molecule has 0 bridgehead atoms. The predicted molar refractivity (Wildman–Crippen MR) is 66.7 cm³/mol. The Balaban J connectivity index is 2.05. The van der Waals surface area contributed by atoms with Gasteiger partial charge in [-0.05, 0) is 17.5 Å². The van der Waals surface area contributed by atoms with Gasteiger partial charge in [0.15, 0.2) is 0 Å². The van der Waals surface area contributed by atoms with Crippen molar-refractivity contribution in [3.63, 3.8) is 0 Å². The van der Waals surface area contributed by atoms with Gasteiger partial charge in [-0.15, -0.1) is 11.6 Å². The first-order valence-electron chi connectivity index (χ1n) is 5.50. The fraction of sp³-hybridized carbons (Fsp3) is 0.308. The summed E-state index contributed by atoms with van der Waals surface area (Å²) >= 11 is 6.33. The van der Waals surface area contributed by atoms with Crippen LogP contribution in [0.3, 0.4) is 0 Å². The van der Waals surface area contributed by atoms with Gasteiger partial charge in [0.25, 0.3) is 0 Å². The van der Waals surface area contributed by atoms with Gasteiger partial charge in [0, 0.05) is 18.8 Å². The maximum absolute atomic E-state index is 6.33. The van der Waals surface area contributed by atoms with Crippen LogP contribution in [-0.4, -0.2) is 9.97 Å². The smallest absolute Gasteiger partial charge is 0.107 e. The first-order chi connectivity index (χ1) is 7.79. The average molecular weight is 235 g/mol. The molecule has 0 saturated heterocycles. The Morgan fingerprint density at radius 1 is 1.31 bits per heavy atom. The molecule has 84 valence electrons. The molecule has 3 heteroatoms. The van der Waals surface area contributed by atoms with Crippen molar-refractivity contribution >= 4 is 11.6 Å². The summed E-state index contributed by atoms with van der Waals surface area (Å²) in [5.41, 5.74) is 2.49. The van der Waals surface area contributed by atoms with Crippen LogP contribution in [0.5, 0.6) is 0 Å². The van der Waals surface area contributed by atoms with E-state index >= 15 is 0 Å². The van der Waals surface area contributed by atoms with E-state index in [1.165, 1.54) is 5.56 Å². The molecule has 0 saturated carbocycles. The largest absolute Gasteiger partial charge is 0.349 e. The molecule has 1 unspecified atom stereocenters. The zero-order valence-electron chi connectivity index (χ0n) is 9.28. The van der Waals surface area contributed by atoms with Gasteiger partial charge >= 0.3 is 0 Å². The van der Waals surface area contributed by atoms with E-state index in [1.807, 2.05) is 6.20 Å². The molecule has 2 aromatic rings. The first-order valence-corrected chi connectivity index (χ1v) is 5.94. The van der Waals surface area contributed by atoms with Crippen LogP contribution in [0, 0.1) is 0 Å². The zero-order chi connectivity index (χ0) is 11.4. The molecule has 0 radical (unpaired) electrons. The Kier molecular flexibility index (Phi) is 3.62. The van der Waals surface area contributed by atoms with Crippen molar-refractivity contribution in [3.8, 4) is 0 Å². The van der Waals surface area contributed by atoms with Crippen LogP contribution in [-0.2, 0) is 12.8 Å². The minimum atomic E-state index is -0.0166. The monoisotopic (exact) mass is 234 g/mol. The van der Waals surface area contributed by atoms with Crippen LogP contribution in [0.1, 0.15) is 29.3 Å². The molecule has 2 rings (SSSR count). The van der Waals surface area contributed by atoms with Gasteiger partial charge < -0.3 is 4.98 Å². The Morgan fingerprint density at radius 3 is 2.62 bits per heavy atom. The number of nitrogens with zero attached hydrogens (tertiary/aromatic N) is 1. The quantitative estimate of drug-likeness (QED) is 0.806. The van der Waals surface area contributed by atoms with E-state index in [0.29, 0.717) is 0 Å². The first kappa shape index (κ1) is 11.2. The minimum absolute atomic E-state index is 0.0166. The van der Waals surface area contributed by atoms with E-state index in [2.05, 4.69) is 41.2 Å². The average Bonchev–Trinajstić information content (AvgIpc) is 2.82. The molecule has 0 spiro atoms. The summed E-state index contributed by atoms with van der Waals surface area (Å²) in [4.78, 5) is 7.24. The summed E-state index contributed by atoms with van der Waals surface area (Å²) < 4.78 is 0. The topological polar surface area (TPSA) is 28.7 Å². The summed E-state index contributed by atoms with van der Waals surface area (Å²) in [6, 6.07) is 8.46. The van der Waals surface area contributed by atoms with Gasteiger partial charge in [-0.3, -0.25) is 0 Å². The third-order valence-corrected chi connectivity index (χ3v) is 3.08. The number of imidazole rings is 1. The Hall–Kier alpha value is -1.28. The van der Waals surface area contributed by atoms with Crippen LogP contribution < -0.4 is 0 Å². The van der Waals surface area contributed by atoms with Crippen molar-refractivity contribution in [2.45, 2.75) is 25.1 Å². The normalized spacial score (nSPS) is 12.6. The van der Waals surface area contributed by atoms with Crippen LogP contribution in [0.25, 0.3) is 0 Å². The predicted octanol–water partition coefficient (Wildman–Crippen LogP) is 3.49. The molecule has 1 aromatic carbocycles. The molecule has 16 heavy (non-hydrogen) atoms. The molecule has 1 heterocycles. The molecule has 1 atom stereocenters. The van der Waals surface area contributed by atoms with E-state index in [1.54, 1.807) is 6.20 Å². The van der Waals surface area contributed by atoms with Crippen molar-refractivity contribution in [2.75, 3.05) is 0 Å². The van der Waals surface area contributed by atoms with Crippen molar-refractivity contribution in [1.29, 1.82) is 0 Å². The molecule has 1 N–H and O–H groups in total. The standard InChI is InChI=1S/C13H15ClN2/c1-2-10-3-5-11(6-4-10)12(14)9-13-15-7-8-16-13/h3-8,12H,2,9H2,1H3,(H,15,16). The number of aromatic amines is 1. The van der Waals surface area contributed by atoms with Crippen LogP contribution in [0.2, 0.25) is 0 Å². The van der Waals surface area contributed by atoms with Crippen molar-refractivity contribution in [3.05, 3.63) is 53.6 Å². The summed E-state index contributed by atoms with van der Waals surface area (Å²) in [7, 11) is 0. The van der Waals surface area contributed by atoms with Gasteiger partial charge in [0.05, 0.1) is 5.38 Å².